The molecule has 0 unspecified atom stereocenters. The van der Waals surface area contributed by atoms with Gasteiger partial charge in [0.2, 0.25) is 0 Å². The predicted octanol–water partition coefficient (Wildman–Crippen LogP) is 3.22. The third kappa shape index (κ3) is 1.83. The van der Waals surface area contributed by atoms with Gasteiger partial charge in [-0.3, -0.25) is 0 Å². The molecule has 1 aromatic rings. The van der Waals surface area contributed by atoms with Crippen molar-refractivity contribution in [2.45, 2.75) is 18.2 Å². The van der Waals surface area contributed by atoms with Crippen molar-refractivity contribution >= 4 is 27.7 Å². The number of fused-ring (bicyclic) bond motifs is 1. The Bertz CT molecular complexity index is 356. The zero-order valence-corrected chi connectivity index (χ0v) is 10.00. The molecule has 0 spiro atoms. The molecular formula is C10H11BrFNS. The van der Waals surface area contributed by atoms with Crippen LogP contribution in [0.2, 0.25) is 0 Å². The summed E-state index contributed by atoms with van der Waals surface area (Å²) in [6.07, 6.45) is 0.852. The molecule has 0 aromatic heterocycles. The van der Waals surface area contributed by atoms with Gasteiger partial charge in [-0.2, -0.15) is 11.8 Å². The molecule has 0 radical (unpaired) electrons. The average molecular weight is 276 g/mol. The summed E-state index contributed by atoms with van der Waals surface area (Å²) in [6.45, 7) is 0. The van der Waals surface area contributed by atoms with Gasteiger partial charge in [0.05, 0.1) is 0 Å². The van der Waals surface area contributed by atoms with E-state index < -0.39 is 0 Å². The van der Waals surface area contributed by atoms with Crippen LogP contribution in [0.15, 0.2) is 16.6 Å². The molecule has 2 rings (SSSR count). The fraction of sp³-hybridized carbons (Fsp3) is 0.400. The van der Waals surface area contributed by atoms with Crippen molar-refractivity contribution in [1.82, 2.24) is 0 Å². The first-order valence-corrected chi connectivity index (χ1v) is 6.45. The lowest BCUT2D eigenvalue weighted by Crippen LogP contribution is -2.13. The molecule has 1 aromatic carbocycles. The van der Waals surface area contributed by atoms with Gasteiger partial charge in [0.15, 0.2) is 0 Å². The Morgan fingerprint density at radius 1 is 1.50 bits per heavy atom. The van der Waals surface area contributed by atoms with E-state index in [0.29, 0.717) is 5.56 Å². The molecule has 0 amide bonds. The number of hydrogen-bond donors (Lipinski definition) is 1. The lowest BCUT2D eigenvalue weighted by Gasteiger charge is -2.14. The maximum Gasteiger partial charge on any atom is 0.128 e. The second kappa shape index (κ2) is 4.21. The van der Waals surface area contributed by atoms with E-state index in [1.165, 1.54) is 6.07 Å². The lowest BCUT2D eigenvalue weighted by molar-refractivity contribution is 0.575. The summed E-state index contributed by atoms with van der Waals surface area (Å²) in [5.74, 6) is 1.68. The van der Waals surface area contributed by atoms with Crippen molar-refractivity contribution < 1.29 is 4.39 Å². The molecule has 1 atom stereocenters. The maximum absolute atomic E-state index is 13.6. The molecular weight excluding hydrogens is 265 g/mol. The first kappa shape index (κ1) is 10.5. The fourth-order valence-corrected chi connectivity index (χ4v) is 3.44. The second-order valence-corrected chi connectivity index (χ2v) is 5.33. The number of benzene rings is 1. The number of hydrogen-bond acceptors (Lipinski definition) is 2. The van der Waals surface area contributed by atoms with E-state index in [2.05, 4.69) is 15.9 Å². The third-order valence-corrected chi connectivity index (χ3v) is 4.20. The van der Waals surface area contributed by atoms with Gasteiger partial charge >= 0.3 is 0 Å². The highest BCUT2D eigenvalue weighted by molar-refractivity contribution is 9.10. The van der Waals surface area contributed by atoms with Gasteiger partial charge in [-0.15, -0.1) is 0 Å². The largest absolute Gasteiger partial charge is 0.324 e. The minimum atomic E-state index is -0.168. The zero-order valence-electron chi connectivity index (χ0n) is 7.59. The van der Waals surface area contributed by atoms with Crippen LogP contribution in [-0.2, 0) is 5.75 Å². The van der Waals surface area contributed by atoms with Crippen LogP contribution in [0.4, 0.5) is 4.39 Å². The third-order valence-electron chi connectivity index (χ3n) is 2.44. The van der Waals surface area contributed by atoms with Crippen LogP contribution in [0.5, 0.6) is 0 Å². The Morgan fingerprint density at radius 3 is 3.07 bits per heavy atom. The van der Waals surface area contributed by atoms with Gasteiger partial charge < -0.3 is 5.73 Å². The van der Waals surface area contributed by atoms with Crippen molar-refractivity contribution in [3.05, 3.63) is 33.5 Å². The van der Waals surface area contributed by atoms with Gasteiger partial charge in [-0.1, -0.05) is 15.9 Å². The summed E-state index contributed by atoms with van der Waals surface area (Å²) in [7, 11) is 0. The van der Waals surface area contributed by atoms with E-state index in [-0.39, 0.29) is 11.9 Å². The topological polar surface area (TPSA) is 26.0 Å². The van der Waals surface area contributed by atoms with Crippen molar-refractivity contribution in [3.8, 4) is 0 Å². The van der Waals surface area contributed by atoms with Crippen LogP contribution in [0, 0.1) is 5.82 Å². The fourth-order valence-electron chi connectivity index (χ4n) is 1.69. The van der Waals surface area contributed by atoms with Gasteiger partial charge in [-0.05, 0) is 29.9 Å². The van der Waals surface area contributed by atoms with Gasteiger partial charge in [0.1, 0.15) is 5.82 Å². The smallest absolute Gasteiger partial charge is 0.128 e. The highest BCUT2D eigenvalue weighted by Crippen LogP contribution is 2.35. The monoisotopic (exact) mass is 275 g/mol. The minimum Gasteiger partial charge on any atom is -0.324 e. The summed E-state index contributed by atoms with van der Waals surface area (Å²) < 4.78 is 14.5. The van der Waals surface area contributed by atoms with Crippen LogP contribution in [0.25, 0.3) is 0 Å². The molecule has 14 heavy (non-hydrogen) atoms. The van der Waals surface area contributed by atoms with Crippen LogP contribution in [0.3, 0.4) is 0 Å². The van der Waals surface area contributed by atoms with Crippen molar-refractivity contribution in [2.75, 3.05) is 5.75 Å². The van der Waals surface area contributed by atoms with Gasteiger partial charge in [-0.25, -0.2) is 4.39 Å². The van der Waals surface area contributed by atoms with Gasteiger partial charge in [0, 0.05) is 21.8 Å². The van der Waals surface area contributed by atoms with E-state index in [4.69, 9.17) is 5.73 Å². The molecule has 0 fully saturated rings. The predicted molar refractivity (Wildman–Crippen MR) is 61.8 cm³/mol. The number of halogens is 2. The SMILES string of the molecule is N[C@H]1CCSCc2c(Br)ccc(F)c21. The average Bonchev–Trinajstić information content (AvgIpc) is 2.35. The van der Waals surface area contributed by atoms with Crippen molar-refractivity contribution in [3.63, 3.8) is 0 Å². The van der Waals surface area contributed by atoms with E-state index in [0.717, 1.165) is 28.0 Å². The summed E-state index contributed by atoms with van der Waals surface area (Å²) in [5.41, 5.74) is 7.67. The Labute approximate surface area is 95.4 Å². The normalized spacial score (nSPS) is 21.5. The van der Waals surface area contributed by atoms with Crippen LogP contribution in [0.1, 0.15) is 23.6 Å². The molecule has 0 aliphatic carbocycles. The first-order valence-electron chi connectivity index (χ1n) is 4.50. The van der Waals surface area contributed by atoms with Crippen molar-refractivity contribution in [2.24, 2.45) is 5.73 Å². The van der Waals surface area contributed by atoms with Crippen LogP contribution < -0.4 is 5.73 Å². The van der Waals surface area contributed by atoms with E-state index >= 15 is 0 Å². The lowest BCUT2D eigenvalue weighted by atomic mass is 9.99. The van der Waals surface area contributed by atoms with Crippen molar-refractivity contribution in [1.29, 1.82) is 0 Å². The Hall–Kier alpha value is -0.0600. The molecule has 0 saturated heterocycles. The molecule has 0 saturated carbocycles. The first-order chi connectivity index (χ1) is 6.70. The van der Waals surface area contributed by atoms with E-state index in [1.54, 1.807) is 6.07 Å². The molecule has 4 heteroatoms. The van der Waals surface area contributed by atoms with Crippen LogP contribution in [-0.4, -0.2) is 5.75 Å². The van der Waals surface area contributed by atoms with Gasteiger partial charge in [0.25, 0.3) is 0 Å². The maximum atomic E-state index is 13.6. The Balaban J connectivity index is 2.57. The van der Waals surface area contributed by atoms with E-state index in [9.17, 15) is 4.39 Å². The molecule has 1 aliphatic rings. The Morgan fingerprint density at radius 2 is 2.29 bits per heavy atom. The van der Waals surface area contributed by atoms with E-state index in [1.807, 2.05) is 11.8 Å². The number of rotatable bonds is 0. The highest BCUT2D eigenvalue weighted by Gasteiger charge is 2.21. The summed E-state index contributed by atoms with van der Waals surface area (Å²) in [5, 5.41) is 0. The molecule has 2 N–H and O–H groups in total. The molecule has 1 nitrogen and oxygen atoms in total. The molecule has 1 aliphatic heterocycles. The number of nitrogens with two attached hydrogens (primary N) is 1. The second-order valence-electron chi connectivity index (χ2n) is 3.37. The summed E-state index contributed by atoms with van der Waals surface area (Å²) >= 11 is 5.25. The molecule has 76 valence electrons. The Kier molecular flexibility index (Phi) is 3.14. The standard InChI is InChI=1S/C10H11BrFNS/c11-7-1-2-8(12)10-6(7)5-14-4-3-9(10)13/h1-2,9H,3-5,13H2/t9-/m0/s1. The summed E-state index contributed by atoms with van der Waals surface area (Å²) in [6, 6.07) is 3.09. The zero-order chi connectivity index (χ0) is 10.1. The minimum absolute atomic E-state index is 0.155. The quantitative estimate of drug-likeness (QED) is 0.787. The molecule has 0 bridgehead atoms. The van der Waals surface area contributed by atoms with Crippen LogP contribution >= 0.6 is 27.7 Å². The highest BCUT2D eigenvalue weighted by atomic mass is 79.9. The number of thioether (sulfide) groups is 1. The molecule has 1 heterocycles. The summed E-state index contributed by atoms with van der Waals surface area (Å²) in [4.78, 5) is 0.